The van der Waals surface area contributed by atoms with Gasteiger partial charge in [-0.3, -0.25) is 9.89 Å². The van der Waals surface area contributed by atoms with Crippen molar-refractivity contribution in [2.75, 3.05) is 10.6 Å². The Balaban J connectivity index is 1.53. The van der Waals surface area contributed by atoms with Gasteiger partial charge < -0.3 is 15.2 Å². The van der Waals surface area contributed by atoms with Crippen LogP contribution in [0.5, 0.6) is 0 Å². The summed E-state index contributed by atoms with van der Waals surface area (Å²) in [5.74, 6) is 1.05. The van der Waals surface area contributed by atoms with Crippen molar-refractivity contribution in [2.45, 2.75) is 6.54 Å². The lowest BCUT2D eigenvalue weighted by Gasteiger charge is -2.10. The maximum Gasteiger partial charge on any atom is 0.255 e. The number of aryl methyl sites for hydroxylation is 1. The van der Waals surface area contributed by atoms with Crippen LogP contribution in [0.25, 0.3) is 10.9 Å². The number of rotatable bonds is 5. The van der Waals surface area contributed by atoms with Crippen molar-refractivity contribution in [1.82, 2.24) is 24.7 Å². The summed E-state index contributed by atoms with van der Waals surface area (Å²) in [4.78, 5) is 20.9. The number of hydrogen-bond acceptors (Lipinski definition) is 6. The van der Waals surface area contributed by atoms with E-state index < -0.39 is 0 Å². The standard InChI is InChI=1S/C18H16BrN7O/c1-26-6-2-3-11(17(26)27)8-20-16-14(19)10-21-18(24-16)23-13-4-5-15-12(7-13)9-22-25-15/h2-7,9-10H,8H2,1H3,(H,22,25)(H2,20,21,23,24). The fourth-order valence-corrected chi connectivity index (χ4v) is 3.00. The molecule has 0 amide bonds. The minimum atomic E-state index is -0.0399. The third-order valence-electron chi connectivity index (χ3n) is 4.09. The Morgan fingerprint density at radius 2 is 2.15 bits per heavy atom. The summed E-state index contributed by atoms with van der Waals surface area (Å²) in [6.45, 7) is 0.365. The Morgan fingerprint density at radius 3 is 3.04 bits per heavy atom. The van der Waals surface area contributed by atoms with Crippen LogP contribution in [0.4, 0.5) is 17.5 Å². The average molecular weight is 426 g/mol. The lowest BCUT2D eigenvalue weighted by molar-refractivity contribution is 0.836. The number of anilines is 3. The molecule has 4 rings (SSSR count). The van der Waals surface area contributed by atoms with Crippen molar-refractivity contribution in [3.05, 3.63) is 69.3 Å². The van der Waals surface area contributed by atoms with Crippen LogP contribution in [-0.4, -0.2) is 24.7 Å². The van der Waals surface area contributed by atoms with Gasteiger partial charge in [0.15, 0.2) is 0 Å². The van der Waals surface area contributed by atoms with E-state index in [1.54, 1.807) is 36.3 Å². The summed E-state index contributed by atoms with van der Waals surface area (Å²) < 4.78 is 2.26. The molecule has 0 saturated carbocycles. The van der Waals surface area contributed by atoms with Crippen LogP contribution in [0.2, 0.25) is 0 Å². The van der Waals surface area contributed by atoms with Gasteiger partial charge in [-0.15, -0.1) is 0 Å². The zero-order chi connectivity index (χ0) is 18.8. The molecule has 0 aliphatic rings. The molecular weight excluding hydrogens is 410 g/mol. The molecule has 9 heteroatoms. The largest absolute Gasteiger partial charge is 0.365 e. The molecule has 3 heterocycles. The monoisotopic (exact) mass is 425 g/mol. The molecule has 0 bridgehead atoms. The predicted molar refractivity (Wildman–Crippen MR) is 108 cm³/mol. The molecule has 0 aliphatic carbocycles. The summed E-state index contributed by atoms with van der Waals surface area (Å²) >= 11 is 3.44. The highest BCUT2D eigenvalue weighted by atomic mass is 79.9. The molecule has 0 unspecified atom stereocenters. The second-order valence-electron chi connectivity index (χ2n) is 5.99. The van der Waals surface area contributed by atoms with Crippen LogP contribution in [-0.2, 0) is 13.6 Å². The van der Waals surface area contributed by atoms with Crippen molar-refractivity contribution in [2.24, 2.45) is 7.05 Å². The highest BCUT2D eigenvalue weighted by molar-refractivity contribution is 9.10. The topological polar surface area (TPSA) is 101 Å². The normalized spacial score (nSPS) is 10.9. The van der Waals surface area contributed by atoms with E-state index in [0.717, 1.165) is 16.6 Å². The number of nitrogens with zero attached hydrogens (tertiary/aromatic N) is 4. The van der Waals surface area contributed by atoms with E-state index in [2.05, 4.69) is 46.7 Å². The lowest BCUT2D eigenvalue weighted by atomic mass is 10.2. The number of fused-ring (bicyclic) bond motifs is 1. The molecule has 8 nitrogen and oxygen atoms in total. The Hall–Kier alpha value is -3.20. The van der Waals surface area contributed by atoms with Crippen LogP contribution in [0.1, 0.15) is 5.56 Å². The van der Waals surface area contributed by atoms with Gasteiger partial charge in [-0.05, 0) is 40.2 Å². The molecule has 0 aliphatic heterocycles. The highest BCUT2D eigenvalue weighted by Crippen LogP contribution is 2.23. The number of aromatic nitrogens is 5. The predicted octanol–water partition coefficient (Wildman–Crippen LogP) is 3.17. The molecule has 3 N–H and O–H groups in total. The van der Waals surface area contributed by atoms with Gasteiger partial charge in [0.1, 0.15) is 5.82 Å². The fourth-order valence-electron chi connectivity index (χ4n) is 2.67. The first-order valence-electron chi connectivity index (χ1n) is 8.21. The SMILES string of the molecule is Cn1cccc(CNc2nc(Nc3ccc4[nH]ncc4c3)ncc2Br)c1=O. The van der Waals surface area contributed by atoms with Gasteiger partial charge in [-0.2, -0.15) is 10.1 Å². The quantitative estimate of drug-likeness (QED) is 0.453. The Bertz CT molecular complexity index is 1170. The number of H-pyrrole nitrogens is 1. The molecule has 27 heavy (non-hydrogen) atoms. The van der Waals surface area contributed by atoms with E-state index in [0.29, 0.717) is 28.3 Å². The zero-order valence-electron chi connectivity index (χ0n) is 14.4. The second-order valence-corrected chi connectivity index (χ2v) is 6.84. The first-order valence-corrected chi connectivity index (χ1v) is 9.00. The maximum absolute atomic E-state index is 12.1. The van der Waals surface area contributed by atoms with Gasteiger partial charge >= 0.3 is 0 Å². The second kappa shape index (κ2) is 7.20. The van der Waals surface area contributed by atoms with Gasteiger partial charge in [0, 0.05) is 42.6 Å². The Labute approximate surface area is 162 Å². The van der Waals surface area contributed by atoms with Crippen LogP contribution < -0.4 is 16.2 Å². The third-order valence-corrected chi connectivity index (χ3v) is 4.67. The molecule has 0 atom stereocenters. The van der Waals surface area contributed by atoms with Gasteiger partial charge in [0.2, 0.25) is 5.95 Å². The van der Waals surface area contributed by atoms with Crippen LogP contribution in [0.15, 0.2) is 58.2 Å². The van der Waals surface area contributed by atoms with E-state index in [-0.39, 0.29) is 5.56 Å². The van der Waals surface area contributed by atoms with Crippen LogP contribution in [0.3, 0.4) is 0 Å². The molecule has 4 aromatic rings. The number of aromatic amines is 1. The van der Waals surface area contributed by atoms with Crippen molar-refractivity contribution in [3.63, 3.8) is 0 Å². The first-order chi connectivity index (χ1) is 13.1. The smallest absolute Gasteiger partial charge is 0.255 e. The van der Waals surface area contributed by atoms with Crippen molar-refractivity contribution >= 4 is 44.3 Å². The molecular formula is C18H16BrN7O. The third kappa shape index (κ3) is 3.68. The zero-order valence-corrected chi connectivity index (χ0v) is 16.0. The number of halogens is 1. The molecule has 0 fully saturated rings. The van der Waals surface area contributed by atoms with E-state index >= 15 is 0 Å². The Morgan fingerprint density at radius 1 is 1.26 bits per heavy atom. The molecule has 3 aromatic heterocycles. The minimum absolute atomic E-state index is 0.0399. The van der Waals surface area contributed by atoms with E-state index in [9.17, 15) is 4.79 Å². The van der Waals surface area contributed by atoms with E-state index in [4.69, 9.17) is 0 Å². The molecule has 0 spiro atoms. The van der Waals surface area contributed by atoms with Gasteiger partial charge in [0.25, 0.3) is 5.56 Å². The molecule has 136 valence electrons. The summed E-state index contributed by atoms with van der Waals surface area (Å²) in [6.07, 6.45) is 5.15. The highest BCUT2D eigenvalue weighted by Gasteiger charge is 2.08. The Kier molecular flexibility index (Phi) is 4.59. The number of benzene rings is 1. The first kappa shape index (κ1) is 17.2. The molecule has 0 radical (unpaired) electrons. The van der Waals surface area contributed by atoms with Crippen molar-refractivity contribution in [3.8, 4) is 0 Å². The van der Waals surface area contributed by atoms with Crippen LogP contribution >= 0.6 is 15.9 Å². The maximum atomic E-state index is 12.1. The van der Waals surface area contributed by atoms with Gasteiger partial charge in [0.05, 0.1) is 16.2 Å². The van der Waals surface area contributed by atoms with Gasteiger partial charge in [-0.25, -0.2) is 4.98 Å². The summed E-state index contributed by atoms with van der Waals surface area (Å²) in [5.41, 5.74) is 2.44. The molecule has 1 aromatic carbocycles. The van der Waals surface area contributed by atoms with Crippen LogP contribution in [0, 0.1) is 0 Å². The van der Waals surface area contributed by atoms with Crippen molar-refractivity contribution in [1.29, 1.82) is 0 Å². The molecule has 0 saturated heterocycles. The fraction of sp³-hybridized carbons (Fsp3) is 0.111. The van der Waals surface area contributed by atoms with E-state index in [1.165, 1.54) is 0 Å². The van der Waals surface area contributed by atoms with E-state index in [1.807, 2.05) is 24.3 Å². The van der Waals surface area contributed by atoms with Crippen molar-refractivity contribution < 1.29 is 0 Å². The summed E-state index contributed by atoms with van der Waals surface area (Å²) in [5, 5.41) is 14.3. The summed E-state index contributed by atoms with van der Waals surface area (Å²) in [7, 11) is 1.73. The number of hydrogen-bond donors (Lipinski definition) is 3. The number of nitrogens with one attached hydrogen (secondary N) is 3. The number of pyridine rings is 1. The van der Waals surface area contributed by atoms with Gasteiger partial charge in [-0.1, -0.05) is 6.07 Å². The lowest BCUT2D eigenvalue weighted by Crippen LogP contribution is -2.22. The summed E-state index contributed by atoms with van der Waals surface area (Å²) in [6, 6.07) is 9.46. The minimum Gasteiger partial charge on any atom is -0.365 e. The average Bonchev–Trinajstić information content (AvgIpc) is 3.13.